The molecule has 0 unspecified atom stereocenters. The first-order valence-electron chi connectivity index (χ1n) is 12.1. The number of carbonyl (C=O) groups excluding carboxylic acids is 2. The zero-order chi connectivity index (χ0) is 22.0. The zero-order valence-electron chi connectivity index (χ0n) is 19.5. The predicted octanol–water partition coefficient (Wildman–Crippen LogP) is 7.28. The van der Waals surface area contributed by atoms with Crippen molar-refractivity contribution >= 4 is 11.9 Å². The molecule has 0 amide bonds. The third kappa shape index (κ3) is 10.3. The average molecular weight is 419 g/mol. The van der Waals surface area contributed by atoms with Gasteiger partial charge in [0, 0.05) is 0 Å². The lowest BCUT2D eigenvalue weighted by Gasteiger charge is -2.14. The Labute approximate surface area is 183 Å². The molecule has 0 bridgehead atoms. The van der Waals surface area contributed by atoms with Crippen molar-refractivity contribution in [3.05, 3.63) is 34.9 Å². The molecule has 4 nitrogen and oxygen atoms in total. The van der Waals surface area contributed by atoms with Crippen LogP contribution in [-0.2, 0) is 15.9 Å². The van der Waals surface area contributed by atoms with Gasteiger partial charge in [-0.2, -0.15) is 0 Å². The van der Waals surface area contributed by atoms with Gasteiger partial charge in [0.05, 0.1) is 24.3 Å². The summed E-state index contributed by atoms with van der Waals surface area (Å²) in [4.78, 5) is 25.6. The van der Waals surface area contributed by atoms with Gasteiger partial charge in [0.1, 0.15) is 0 Å². The highest BCUT2D eigenvalue weighted by molar-refractivity contribution is 6.04. The topological polar surface area (TPSA) is 52.6 Å². The highest BCUT2D eigenvalue weighted by atomic mass is 16.5. The van der Waals surface area contributed by atoms with Crippen molar-refractivity contribution < 1.29 is 19.1 Å². The second-order valence-corrected chi connectivity index (χ2v) is 8.04. The number of benzene rings is 1. The van der Waals surface area contributed by atoms with Gasteiger partial charge >= 0.3 is 11.9 Å². The minimum absolute atomic E-state index is 0.344. The predicted molar refractivity (Wildman–Crippen MR) is 123 cm³/mol. The van der Waals surface area contributed by atoms with E-state index in [1.807, 2.05) is 12.1 Å². The quantitative estimate of drug-likeness (QED) is 0.197. The first-order chi connectivity index (χ1) is 14.7. The maximum absolute atomic E-state index is 12.9. The van der Waals surface area contributed by atoms with Crippen LogP contribution in [0.25, 0.3) is 0 Å². The second-order valence-electron chi connectivity index (χ2n) is 8.04. The monoisotopic (exact) mass is 418 g/mol. The number of hydrogen-bond donors (Lipinski definition) is 0. The Morgan fingerprint density at radius 2 is 1.20 bits per heavy atom. The Morgan fingerprint density at radius 1 is 0.667 bits per heavy atom. The van der Waals surface area contributed by atoms with Gasteiger partial charge in [-0.3, -0.25) is 0 Å². The number of carbonyl (C=O) groups is 2. The molecule has 0 fully saturated rings. The molecule has 0 N–H and O–H groups in total. The molecule has 30 heavy (non-hydrogen) atoms. The van der Waals surface area contributed by atoms with E-state index in [9.17, 15) is 9.59 Å². The molecule has 0 aliphatic heterocycles. The van der Waals surface area contributed by atoms with E-state index in [1.165, 1.54) is 6.42 Å². The lowest BCUT2D eigenvalue weighted by Crippen LogP contribution is -2.17. The van der Waals surface area contributed by atoms with Crippen LogP contribution in [-0.4, -0.2) is 25.2 Å². The van der Waals surface area contributed by atoms with Crippen LogP contribution in [0.1, 0.15) is 124 Å². The van der Waals surface area contributed by atoms with Crippen molar-refractivity contribution in [2.45, 2.75) is 104 Å². The molecule has 1 aromatic rings. The highest BCUT2D eigenvalue weighted by Gasteiger charge is 2.23. The molecular formula is C26H42O4. The van der Waals surface area contributed by atoms with Gasteiger partial charge in [-0.25, -0.2) is 9.59 Å². The summed E-state index contributed by atoms with van der Waals surface area (Å²) < 4.78 is 11.0. The van der Waals surface area contributed by atoms with E-state index in [1.54, 1.807) is 6.07 Å². The van der Waals surface area contributed by atoms with E-state index < -0.39 is 11.9 Å². The highest BCUT2D eigenvalue weighted by Crippen LogP contribution is 2.21. The lowest BCUT2D eigenvalue weighted by atomic mass is 9.96. The molecule has 0 aliphatic rings. The smallest absolute Gasteiger partial charge is 0.339 e. The van der Waals surface area contributed by atoms with E-state index >= 15 is 0 Å². The summed E-state index contributed by atoms with van der Waals surface area (Å²) in [5.74, 6) is -0.810. The van der Waals surface area contributed by atoms with E-state index in [4.69, 9.17) is 9.47 Å². The molecule has 170 valence electrons. The standard InChI is InChI=1S/C26H42O4/c1-4-7-10-13-17-22-18-16-19-23(25(27)29-20-14-11-8-5-2)24(22)26(28)30-21-15-12-9-6-3/h16,18-19H,4-15,17,20-21H2,1-3H3. The Bertz CT molecular complexity index is 609. The van der Waals surface area contributed by atoms with Crippen LogP contribution in [0, 0.1) is 0 Å². The van der Waals surface area contributed by atoms with Crippen molar-refractivity contribution in [1.29, 1.82) is 0 Å². The van der Waals surface area contributed by atoms with Crippen LogP contribution in [0.4, 0.5) is 0 Å². The fourth-order valence-electron chi connectivity index (χ4n) is 3.50. The molecule has 0 aliphatic carbocycles. The maximum Gasteiger partial charge on any atom is 0.339 e. The summed E-state index contributed by atoms with van der Waals surface area (Å²) in [5.41, 5.74) is 1.64. The van der Waals surface area contributed by atoms with Gasteiger partial charge in [0.15, 0.2) is 0 Å². The van der Waals surface area contributed by atoms with Crippen LogP contribution < -0.4 is 0 Å². The molecule has 0 heterocycles. The number of hydrogen-bond acceptors (Lipinski definition) is 4. The Hall–Kier alpha value is -1.84. The van der Waals surface area contributed by atoms with Crippen LogP contribution in [0.15, 0.2) is 18.2 Å². The molecule has 0 spiro atoms. The molecule has 0 saturated carbocycles. The lowest BCUT2D eigenvalue weighted by molar-refractivity contribution is 0.0449. The molecule has 0 atom stereocenters. The fourth-order valence-corrected chi connectivity index (χ4v) is 3.50. The summed E-state index contributed by atoms with van der Waals surface area (Å²) in [5, 5.41) is 0. The van der Waals surface area contributed by atoms with Crippen molar-refractivity contribution in [1.82, 2.24) is 0 Å². The normalized spacial score (nSPS) is 10.8. The van der Waals surface area contributed by atoms with Crippen LogP contribution in [0.5, 0.6) is 0 Å². The fraction of sp³-hybridized carbons (Fsp3) is 0.692. The Kier molecular flexibility index (Phi) is 14.8. The molecule has 0 saturated heterocycles. The number of aryl methyl sites for hydroxylation is 1. The number of ether oxygens (including phenoxy) is 2. The molecule has 0 radical (unpaired) electrons. The van der Waals surface area contributed by atoms with Crippen molar-refractivity contribution in [2.24, 2.45) is 0 Å². The molecule has 1 rings (SSSR count). The number of unbranched alkanes of at least 4 members (excludes halogenated alkanes) is 9. The minimum Gasteiger partial charge on any atom is -0.462 e. The van der Waals surface area contributed by atoms with Crippen molar-refractivity contribution in [3.63, 3.8) is 0 Å². The van der Waals surface area contributed by atoms with Crippen LogP contribution in [0.3, 0.4) is 0 Å². The largest absolute Gasteiger partial charge is 0.462 e. The van der Waals surface area contributed by atoms with E-state index in [0.29, 0.717) is 24.3 Å². The van der Waals surface area contributed by atoms with Crippen LogP contribution in [0.2, 0.25) is 0 Å². The van der Waals surface area contributed by atoms with Crippen molar-refractivity contribution in [2.75, 3.05) is 13.2 Å². The summed E-state index contributed by atoms with van der Waals surface area (Å²) >= 11 is 0. The minimum atomic E-state index is -0.417. The molecular weight excluding hydrogens is 376 g/mol. The molecule has 4 heteroatoms. The van der Waals surface area contributed by atoms with Crippen LogP contribution >= 0.6 is 0 Å². The summed E-state index contributed by atoms with van der Waals surface area (Å²) in [6, 6.07) is 5.48. The Balaban J connectivity index is 2.85. The average Bonchev–Trinajstić information content (AvgIpc) is 2.76. The van der Waals surface area contributed by atoms with Gasteiger partial charge in [-0.05, 0) is 37.3 Å². The summed E-state index contributed by atoms with van der Waals surface area (Å²) in [7, 11) is 0. The van der Waals surface area contributed by atoms with Gasteiger partial charge in [0.2, 0.25) is 0 Å². The third-order valence-electron chi connectivity index (χ3n) is 5.34. The van der Waals surface area contributed by atoms with Gasteiger partial charge in [0.25, 0.3) is 0 Å². The SMILES string of the molecule is CCCCCCOC(=O)c1cccc(CCCCCC)c1C(=O)OCCCCCC. The summed E-state index contributed by atoms with van der Waals surface area (Å²) in [6.07, 6.45) is 13.6. The molecule has 1 aromatic carbocycles. The molecule has 0 aromatic heterocycles. The zero-order valence-corrected chi connectivity index (χ0v) is 19.5. The third-order valence-corrected chi connectivity index (χ3v) is 5.34. The van der Waals surface area contributed by atoms with E-state index in [-0.39, 0.29) is 0 Å². The number of esters is 2. The first kappa shape index (κ1) is 26.2. The summed E-state index contributed by atoms with van der Waals surface area (Å²) in [6.45, 7) is 7.27. The Morgan fingerprint density at radius 3 is 1.77 bits per heavy atom. The van der Waals surface area contributed by atoms with Crippen molar-refractivity contribution in [3.8, 4) is 0 Å². The first-order valence-corrected chi connectivity index (χ1v) is 12.1. The van der Waals surface area contributed by atoms with Gasteiger partial charge in [-0.15, -0.1) is 0 Å². The second kappa shape index (κ2) is 16.9. The van der Waals surface area contributed by atoms with Gasteiger partial charge < -0.3 is 9.47 Å². The van der Waals surface area contributed by atoms with E-state index in [0.717, 1.165) is 82.6 Å². The number of rotatable bonds is 17. The van der Waals surface area contributed by atoms with Gasteiger partial charge in [-0.1, -0.05) is 90.7 Å². The van der Waals surface area contributed by atoms with E-state index in [2.05, 4.69) is 20.8 Å². The maximum atomic E-state index is 12.9.